The summed E-state index contributed by atoms with van der Waals surface area (Å²) in [6.07, 6.45) is -1.88. The number of alkyl halides is 3. The Morgan fingerprint density at radius 1 is 1.33 bits per heavy atom. The Bertz CT molecular complexity index is 863. The Labute approximate surface area is 152 Å². The molecule has 4 nitrogen and oxygen atoms in total. The molecule has 0 aromatic heterocycles. The van der Waals surface area contributed by atoms with E-state index < -0.39 is 42.8 Å². The molecule has 144 valence electrons. The van der Waals surface area contributed by atoms with Crippen LogP contribution in [0, 0.1) is 5.82 Å². The van der Waals surface area contributed by atoms with Crippen LogP contribution in [0.5, 0.6) is 0 Å². The van der Waals surface area contributed by atoms with Crippen LogP contribution in [0.1, 0.15) is 36.1 Å². The predicted molar refractivity (Wildman–Crippen MR) is 88.4 cm³/mol. The number of rotatable bonds is 5. The van der Waals surface area contributed by atoms with Crippen molar-refractivity contribution in [2.24, 2.45) is 0 Å². The topological polar surface area (TPSA) is 55.4 Å². The molecular weight excluding hydrogens is 366 g/mol. The van der Waals surface area contributed by atoms with Gasteiger partial charge < -0.3 is 10.1 Å². The molecule has 1 aliphatic carbocycles. The van der Waals surface area contributed by atoms with Gasteiger partial charge in [-0.25, -0.2) is 22.4 Å². The number of ketones is 1. The molecule has 1 aliphatic heterocycles. The number of hydrogen-bond acceptors (Lipinski definition) is 4. The van der Waals surface area contributed by atoms with Crippen LogP contribution in [0.15, 0.2) is 40.7 Å². The van der Waals surface area contributed by atoms with E-state index in [9.17, 15) is 27.2 Å². The molecule has 1 heterocycles. The molecule has 0 saturated carbocycles. The highest BCUT2D eigenvalue weighted by Gasteiger charge is 2.42. The normalized spacial score (nSPS) is 20.5. The highest BCUT2D eigenvalue weighted by atomic mass is 19.2. The van der Waals surface area contributed by atoms with Crippen LogP contribution in [0.25, 0.3) is 0 Å². The van der Waals surface area contributed by atoms with Gasteiger partial charge in [0.15, 0.2) is 12.0 Å². The van der Waals surface area contributed by atoms with E-state index in [0.29, 0.717) is 5.70 Å². The molecule has 2 atom stereocenters. The number of dihydropyridines is 1. The summed E-state index contributed by atoms with van der Waals surface area (Å²) >= 11 is 0. The van der Waals surface area contributed by atoms with Crippen molar-refractivity contribution in [3.05, 3.63) is 57.7 Å². The van der Waals surface area contributed by atoms with Gasteiger partial charge in [0.1, 0.15) is 19.2 Å². The fraction of sp³-hybridized carbons (Fsp3) is 0.368. The number of allylic oxidation sites excluding steroid dienone is 3. The zero-order valence-corrected chi connectivity index (χ0v) is 14.5. The zero-order chi connectivity index (χ0) is 19.7. The lowest BCUT2D eigenvalue weighted by atomic mass is 9.77. The van der Waals surface area contributed by atoms with E-state index in [1.165, 1.54) is 12.1 Å². The number of halogens is 4. The lowest BCUT2D eigenvalue weighted by Crippen LogP contribution is -2.32. The largest absolute Gasteiger partial charge is 0.466 e. The van der Waals surface area contributed by atoms with Crippen LogP contribution in [-0.2, 0) is 14.3 Å². The SMILES string of the molecule is COC(=O)C1=C(CF)NC2=C(C(=O)CC2)C1c1cccc(F)c1C(F)CF. The molecule has 0 saturated heterocycles. The van der Waals surface area contributed by atoms with Crippen LogP contribution in [0.3, 0.4) is 0 Å². The minimum Gasteiger partial charge on any atom is -0.466 e. The van der Waals surface area contributed by atoms with Crippen LogP contribution < -0.4 is 5.32 Å². The van der Waals surface area contributed by atoms with Gasteiger partial charge in [-0.2, -0.15) is 0 Å². The summed E-state index contributed by atoms with van der Waals surface area (Å²) in [5.41, 5.74) is -0.520. The first kappa shape index (κ1) is 19.1. The van der Waals surface area contributed by atoms with Crippen LogP contribution in [0.4, 0.5) is 17.6 Å². The molecule has 2 unspecified atom stereocenters. The van der Waals surface area contributed by atoms with Crippen molar-refractivity contribution in [3.63, 3.8) is 0 Å². The maximum Gasteiger partial charge on any atom is 0.336 e. The summed E-state index contributed by atoms with van der Waals surface area (Å²) in [5, 5.41) is 2.74. The number of hydrogen-bond donors (Lipinski definition) is 1. The van der Waals surface area contributed by atoms with E-state index in [-0.39, 0.29) is 41.0 Å². The number of nitrogens with one attached hydrogen (secondary N) is 1. The Kier molecular flexibility index (Phi) is 5.34. The van der Waals surface area contributed by atoms with Crippen LogP contribution in [0.2, 0.25) is 0 Å². The number of esters is 1. The van der Waals surface area contributed by atoms with E-state index >= 15 is 0 Å². The number of methoxy groups -OCH3 is 1. The molecule has 27 heavy (non-hydrogen) atoms. The van der Waals surface area contributed by atoms with E-state index in [2.05, 4.69) is 5.32 Å². The molecular formula is C19H17F4NO3. The Balaban J connectivity index is 2.30. The highest BCUT2D eigenvalue weighted by Crippen LogP contribution is 2.46. The number of Topliss-reactive ketones (excluding diaryl/α,β-unsaturated/α-hetero) is 1. The maximum atomic E-state index is 14.3. The third-order valence-corrected chi connectivity index (χ3v) is 4.82. The van der Waals surface area contributed by atoms with Gasteiger partial charge in [-0.1, -0.05) is 12.1 Å². The van der Waals surface area contributed by atoms with Crippen molar-refractivity contribution in [2.45, 2.75) is 24.9 Å². The summed E-state index contributed by atoms with van der Waals surface area (Å²) in [7, 11) is 1.08. The lowest BCUT2D eigenvalue weighted by Gasteiger charge is -2.30. The number of carbonyl (C=O) groups is 2. The van der Waals surface area contributed by atoms with E-state index in [1.54, 1.807) is 0 Å². The molecule has 8 heteroatoms. The van der Waals surface area contributed by atoms with E-state index in [1.807, 2.05) is 0 Å². The second kappa shape index (κ2) is 7.54. The van der Waals surface area contributed by atoms with Crippen LogP contribution >= 0.6 is 0 Å². The Morgan fingerprint density at radius 3 is 2.70 bits per heavy atom. The van der Waals surface area contributed by atoms with Gasteiger partial charge in [-0.15, -0.1) is 0 Å². The van der Waals surface area contributed by atoms with Gasteiger partial charge >= 0.3 is 5.97 Å². The molecule has 1 aromatic rings. The lowest BCUT2D eigenvalue weighted by molar-refractivity contribution is -0.136. The van der Waals surface area contributed by atoms with Gasteiger partial charge in [0, 0.05) is 29.2 Å². The van der Waals surface area contributed by atoms with Gasteiger partial charge in [0.2, 0.25) is 0 Å². The minimum absolute atomic E-state index is 0.0873. The Hall–Kier alpha value is -2.64. The van der Waals surface area contributed by atoms with Crippen molar-refractivity contribution >= 4 is 11.8 Å². The van der Waals surface area contributed by atoms with Crippen molar-refractivity contribution < 1.29 is 31.9 Å². The Morgan fingerprint density at radius 2 is 2.07 bits per heavy atom. The van der Waals surface area contributed by atoms with Gasteiger partial charge in [-0.05, 0) is 18.1 Å². The van der Waals surface area contributed by atoms with E-state index in [0.717, 1.165) is 13.2 Å². The third kappa shape index (κ3) is 3.13. The minimum atomic E-state index is -2.29. The number of ether oxygens (including phenoxy) is 1. The quantitative estimate of drug-likeness (QED) is 0.625. The molecule has 1 N–H and O–H groups in total. The molecule has 0 fully saturated rings. The van der Waals surface area contributed by atoms with Crippen molar-refractivity contribution in [3.8, 4) is 0 Å². The van der Waals surface area contributed by atoms with Crippen molar-refractivity contribution in [1.29, 1.82) is 0 Å². The van der Waals surface area contributed by atoms with Gasteiger partial charge in [0.25, 0.3) is 0 Å². The summed E-state index contributed by atoms with van der Waals surface area (Å²) in [5.74, 6) is -3.50. The van der Waals surface area contributed by atoms with Gasteiger partial charge in [0.05, 0.1) is 18.4 Å². The molecule has 0 spiro atoms. The molecule has 0 radical (unpaired) electrons. The summed E-state index contributed by atoms with van der Waals surface area (Å²) < 4.78 is 59.9. The van der Waals surface area contributed by atoms with Crippen LogP contribution in [-0.4, -0.2) is 32.2 Å². The highest BCUT2D eigenvalue weighted by molar-refractivity contribution is 6.05. The summed E-state index contributed by atoms with van der Waals surface area (Å²) in [4.78, 5) is 24.8. The summed E-state index contributed by atoms with van der Waals surface area (Å²) in [6, 6.07) is 3.54. The predicted octanol–water partition coefficient (Wildman–Crippen LogP) is 3.51. The van der Waals surface area contributed by atoms with Crippen molar-refractivity contribution in [2.75, 3.05) is 20.5 Å². The standard InChI is InChI=1S/C19H17F4NO3/c1-27-19(26)18-13(8-21)24-12-5-6-14(25)17(12)16(18)9-3-2-4-10(22)15(9)11(23)7-20/h2-4,11,16,24H,5-8H2,1H3. The second-order valence-electron chi connectivity index (χ2n) is 6.26. The van der Waals surface area contributed by atoms with E-state index in [4.69, 9.17) is 4.74 Å². The molecule has 0 amide bonds. The fourth-order valence-electron chi connectivity index (χ4n) is 3.69. The maximum absolute atomic E-state index is 14.3. The first-order valence-corrected chi connectivity index (χ1v) is 8.33. The first-order valence-electron chi connectivity index (χ1n) is 8.33. The molecule has 3 rings (SSSR count). The fourth-order valence-corrected chi connectivity index (χ4v) is 3.69. The zero-order valence-electron chi connectivity index (χ0n) is 14.5. The monoisotopic (exact) mass is 383 g/mol. The average molecular weight is 383 g/mol. The van der Waals surface area contributed by atoms with Crippen molar-refractivity contribution in [1.82, 2.24) is 5.32 Å². The van der Waals surface area contributed by atoms with Gasteiger partial charge in [-0.3, -0.25) is 4.79 Å². The molecule has 2 aliphatic rings. The first-order chi connectivity index (χ1) is 12.9. The average Bonchev–Trinajstić information content (AvgIpc) is 3.05. The molecule has 0 bridgehead atoms. The third-order valence-electron chi connectivity index (χ3n) is 4.82. The number of carbonyl (C=O) groups excluding carboxylic acids is 2. The second-order valence-corrected chi connectivity index (χ2v) is 6.26. The summed E-state index contributed by atoms with van der Waals surface area (Å²) in [6.45, 7) is -2.55. The molecule has 1 aromatic carbocycles. The number of benzene rings is 1. The smallest absolute Gasteiger partial charge is 0.336 e.